The van der Waals surface area contributed by atoms with E-state index < -0.39 is 0 Å². The van der Waals surface area contributed by atoms with Gasteiger partial charge < -0.3 is 5.32 Å². The van der Waals surface area contributed by atoms with Crippen LogP contribution in [0.3, 0.4) is 0 Å². The summed E-state index contributed by atoms with van der Waals surface area (Å²) in [7, 11) is 1.94. The van der Waals surface area contributed by atoms with Gasteiger partial charge in [-0.15, -0.1) is 0 Å². The molecule has 4 nitrogen and oxygen atoms in total. The van der Waals surface area contributed by atoms with Gasteiger partial charge in [-0.2, -0.15) is 0 Å². The maximum absolute atomic E-state index is 11.7. The minimum Gasteiger partial charge on any atom is -0.316 e. The molecule has 24 heavy (non-hydrogen) atoms. The van der Waals surface area contributed by atoms with Gasteiger partial charge in [-0.3, -0.25) is 14.9 Å². The normalized spacial score (nSPS) is 17.2. The number of aryl methyl sites for hydroxylation is 1. The first-order valence-corrected chi connectivity index (χ1v) is 8.79. The largest absolute Gasteiger partial charge is 0.316 e. The number of imide groups is 1. The van der Waals surface area contributed by atoms with Gasteiger partial charge in [0.05, 0.1) is 5.25 Å². The van der Waals surface area contributed by atoms with E-state index in [1.807, 2.05) is 13.1 Å². The zero-order valence-electron chi connectivity index (χ0n) is 13.8. The zero-order chi connectivity index (χ0) is 17.1. The number of benzene rings is 2. The first-order chi connectivity index (χ1) is 11.6. The highest BCUT2D eigenvalue weighted by atomic mass is 32.2. The van der Waals surface area contributed by atoms with Gasteiger partial charge in [-0.25, -0.2) is 0 Å². The van der Waals surface area contributed by atoms with Gasteiger partial charge in [0.2, 0.25) is 5.91 Å². The lowest BCUT2D eigenvalue weighted by Crippen LogP contribution is -2.25. The molecule has 0 aliphatic carbocycles. The first kappa shape index (κ1) is 16.7. The van der Waals surface area contributed by atoms with Crippen LogP contribution in [-0.4, -0.2) is 23.4 Å². The summed E-state index contributed by atoms with van der Waals surface area (Å²) in [6.45, 7) is 2.92. The van der Waals surface area contributed by atoms with E-state index in [1.54, 1.807) is 0 Å². The van der Waals surface area contributed by atoms with Crippen LogP contribution in [-0.2, 0) is 17.8 Å². The molecule has 1 saturated heterocycles. The number of rotatable bonds is 5. The second-order valence-corrected chi connectivity index (χ2v) is 7.14. The van der Waals surface area contributed by atoms with E-state index in [2.05, 4.69) is 54.0 Å². The molecule has 2 amide bonds. The first-order valence-electron chi connectivity index (χ1n) is 7.92. The molecule has 0 bridgehead atoms. The molecule has 1 atom stereocenters. The molecule has 5 heteroatoms. The molecule has 1 fully saturated rings. The van der Waals surface area contributed by atoms with Crippen molar-refractivity contribution in [2.45, 2.75) is 25.1 Å². The van der Waals surface area contributed by atoms with Crippen LogP contribution >= 0.6 is 11.8 Å². The molecule has 0 spiro atoms. The summed E-state index contributed by atoms with van der Waals surface area (Å²) in [5.74, 6) is -0.188. The van der Waals surface area contributed by atoms with E-state index in [9.17, 15) is 9.59 Å². The van der Waals surface area contributed by atoms with Crippen molar-refractivity contribution in [1.29, 1.82) is 0 Å². The lowest BCUT2D eigenvalue weighted by molar-refractivity contribution is -0.118. The molecule has 2 N–H and O–H groups in total. The van der Waals surface area contributed by atoms with Crippen LogP contribution < -0.4 is 10.6 Å². The minimum absolute atomic E-state index is 0.188. The van der Waals surface area contributed by atoms with Crippen LogP contribution in [0, 0.1) is 6.92 Å². The fraction of sp³-hybridized carbons (Fsp3) is 0.263. The topological polar surface area (TPSA) is 58.2 Å². The van der Waals surface area contributed by atoms with Crippen molar-refractivity contribution in [1.82, 2.24) is 10.6 Å². The van der Waals surface area contributed by atoms with Crippen LogP contribution in [0.15, 0.2) is 42.5 Å². The molecular formula is C19H20N2O2S. The van der Waals surface area contributed by atoms with Crippen molar-refractivity contribution < 1.29 is 9.59 Å². The predicted molar refractivity (Wildman–Crippen MR) is 98.0 cm³/mol. The average Bonchev–Trinajstić information content (AvgIpc) is 2.85. The molecule has 124 valence electrons. The Morgan fingerprint density at radius 2 is 1.96 bits per heavy atom. The Labute approximate surface area is 146 Å². The molecule has 1 aliphatic heterocycles. The second kappa shape index (κ2) is 7.20. The Morgan fingerprint density at radius 3 is 2.62 bits per heavy atom. The van der Waals surface area contributed by atoms with Crippen LogP contribution in [0.2, 0.25) is 0 Å². The minimum atomic E-state index is -0.318. The Balaban J connectivity index is 1.81. The highest BCUT2D eigenvalue weighted by Gasteiger charge is 2.31. The smallest absolute Gasteiger partial charge is 0.286 e. The molecule has 1 aliphatic rings. The molecule has 0 saturated carbocycles. The van der Waals surface area contributed by atoms with Gasteiger partial charge in [0.1, 0.15) is 0 Å². The summed E-state index contributed by atoms with van der Waals surface area (Å²) < 4.78 is 0. The van der Waals surface area contributed by atoms with E-state index in [0.29, 0.717) is 6.42 Å². The molecular weight excluding hydrogens is 320 g/mol. The van der Waals surface area contributed by atoms with E-state index in [4.69, 9.17) is 0 Å². The summed E-state index contributed by atoms with van der Waals surface area (Å²) in [5.41, 5.74) is 5.87. The number of amides is 2. The van der Waals surface area contributed by atoms with Gasteiger partial charge in [0.25, 0.3) is 5.24 Å². The SMILES string of the molecule is CNCc1cccc(-c2ccc(CC3SC(=O)NC3=O)cc2C)c1. The maximum Gasteiger partial charge on any atom is 0.286 e. The standard InChI is InChI=1S/C19H20N2O2S/c1-12-8-13(10-17-18(22)21-19(23)24-17)6-7-16(12)15-5-3-4-14(9-15)11-20-2/h3-9,17,20H,10-11H2,1-2H3,(H,21,22,23). The monoisotopic (exact) mass is 340 g/mol. The number of thioether (sulfide) groups is 1. The van der Waals surface area contributed by atoms with E-state index in [-0.39, 0.29) is 16.4 Å². The maximum atomic E-state index is 11.7. The summed E-state index contributed by atoms with van der Waals surface area (Å²) in [6, 6.07) is 14.7. The fourth-order valence-electron chi connectivity index (χ4n) is 2.97. The average molecular weight is 340 g/mol. The van der Waals surface area contributed by atoms with Crippen LogP contribution in [0.25, 0.3) is 11.1 Å². The van der Waals surface area contributed by atoms with Gasteiger partial charge in [-0.1, -0.05) is 48.2 Å². The lowest BCUT2D eigenvalue weighted by Gasteiger charge is -2.11. The van der Waals surface area contributed by atoms with E-state index in [0.717, 1.165) is 23.9 Å². The van der Waals surface area contributed by atoms with Gasteiger partial charge in [0, 0.05) is 6.54 Å². The molecule has 1 heterocycles. The quantitative estimate of drug-likeness (QED) is 0.877. The Kier molecular flexibility index (Phi) is 5.02. The fourth-order valence-corrected chi connectivity index (χ4v) is 3.83. The zero-order valence-corrected chi connectivity index (χ0v) is 14.6. The molecule has 3 rings (SSSR count). The summed E-state index contributed by atoms with van der Waals surface area (Å²) in [5, 5.41) is 4.93. The Morgan fingerprint density at radius 1 is 1.12 bits per heavy atom. The van der Waals surface area contributed by atoms with Crippen LogP contribution in [0.1, 0.15) is 16.7 Å². The van der Waals surface area contributed by atoms with Crippen LogP contribution in [0.5, 0.6) is 0 Å². The van der Waals surface area contributed by atoms with Crippen molar-refractivity contribution in [3.8, 4) is 11.1 Å². The molecule has 2 aromatic carbocycles. The third-order valence-electron chi connectivity index (χ3n) is 4.10. The number of nitrogens with one attached hydrogen (secondary N) is 2. The van der Waals surface area contributed by atoms with Crippen LogP contribution in [0.4, 0.5) is 4.79 Å². The van der Waals surface area contributed by atoms with Crippen molar-refractivity contribution in [3.63, 3.8) is 0 Å². The number of carbonyl (C=O) groups excluding carboxylic acids is 2. The van der Waals surface area contributed by atoms with E-state index >= 15 is 0 Å². The van der Waals surface area contributed by atoms with Gasteiger partial charge >= 0.3 is 0 Å². The number of hydrogen-bond acceptors (Lipinski definition) is 4. The predicted octanol–water partition coefficient (Wildman–Crippen LogP) is 3.28. The lowest BCUT2D eigenvalue weighted by atomic mass is 9.96. The Bertz CT molecular complexity index is 789. The molecule has 0 aromatic heterocycles. The number of carbonyl (C=O) groups is 2. The third-order valence-corrected chi connectivity index (χ3v) is 5.08. The summed E-state index contributed by atoms with van der Waals surface area (Å²) in [6.07, 6.45) is 0.573. The van der Waals surface area contributed by atoms with Crippen molar-refractivity contribution >= 4 is 22.9 Å². The summed E-state index contributed by atoms with van der Waals surface area (Å²) >= 11 is 1.08. The molecule has 1 unspecified atom stereocenters. The Hall–Kier alpha value is -2.11. The molecule has 0 radical (unpaired) electrons. The highest BCUT2D eigenvalue weighted by Crippen LogP contribution is 2.28. The molecule has 2 aromatic rings. The van der Waals surface area contributed by atoms with Crippen molar-refractivity contribution in [2.75, 3.05) is 7.05 Å². The highest BCUT2D eigenvalue weighted by molar-refractivity contribution is 8.15. The number of hydrogen-bond donors (Lipinski definition) is 2. The van der Waals surface area contributed by atoms with Crippen molar-refractivity contribution in [3.05, 3.63) is 59.2 Å². The third kappa shape index (κ3) is 3.68. The second-order valence-electron chi connectivity index (χ2n) is 5.97. The summed E-state index contributed by atoms with van der Waals surface area (Å²) in [4.78, 5) is 23.0. The van der Waals surface area contributed by atoms with Gasteiger partial charge in [0.15, 0.2) is 0 Å². The van der Waals surface area contributed by atoms with E-state index in [1.165, 1.54) is 22.3 Å². The van der Waals surface area contributed by atoms with Crippen molar-refractivity contribution in [2.24, 2.45) is 0 Å². The van der Waals surface area contributed by atoms with Gasteiger partial charge in [-0.05, 0) is 54.3 Å².